The van der Waals surface area contributed by atoms with E-state index in [0.717, 1.165) is 6.07 Å². The molecule has 142 valence electrons. The van der Waals surface area contributed by atoms with E-state index in [2.05, 4.69) is 14.4 Å². The number of aryl methyl sites for hydroxylation is 1. The lowest BCUT2D eigenvalue weighted by atomic mass is 10.2. The third kappa shape index (κ3) is 4.59. The van der Waals surface area contributed by atoms with E-state index in [1.54, 1.807) is 6.92 Å². The van der Waals surface area contributed by atoms with Crippen LogP contribution in [0.15, 0.2) is 64.1 Å². The zero-order chi connectivity index (χ0) is 19.7. The summed E-state index contributed by atoms with van der Waals surface area (Å²) in [6.45, 7) is 1.67. The fraction of sp³-hybridized carbons (Fsp3) is 0.118. The number of sulfonamides is 1. The van der Waals surface area contributed by atoms with Crippen LogP contribution in [0.25, 0.3) is 11.3 Å². The topological polar surface area (TPSA) is 81.4 Å². The molecule has 3 rings (SSSR count). The van der Waals surface area contributed by atoms with Gasteiger partial charge < -0.3 is 9.15 Å². The Morgan fingerprint density at radius 3 is 2.33 bits per heavy atom. The van der Waals surface area contributed by atoms with Gasteiger partial charge in [-0.3, -0.25) is 4.72 Å². The summed E-state index contributed by atoms with van der Waals surface area (Å²) in [6.07, 6.45) is -3.51. The number of nitrogens with one attached hydrogen (secondary N) is 1. The summed E-state index contributed by atoms with van der Waals surface area (Å²) in [5, 5.41) is 0. The summed E-state index contributed by atoms with van der Waals surface area (Å²) in [5.41, 5.74) is 0.839. The van der Waals surface area contributed by atoms with Gasteiger partial charge in [0, 0.05) is 12.5 Å². The van der Waals surface area contributed by atoms with E-state index in [1.165, 1.54) is 48.7 Å². The Labute approximate surface area is 152 Å². The van der Waals surface area contributed by atoms with Crippen LogP contribution in [0.1, 0.15) is 5.89 Å². The monoisotopic (exact) mass is 398 g/mol. The number of ether oxygens (including phenoxy) is 1. The summed E-state index contributed by atoms with van der Waals surface area (Å²) in [4.78, 5) is 4.00. The molecule has 0 aliphatic rings. The molecule has 0 unspecified atom stereocenters. The number of anilines is 1. The molecule has 0 saturated carbocycles. The highest BCUT2D eigenvalue weighted by Gasteiger charge is 2.32. The molecule has 6 nitrogen and oxygen atoms in total. The molecule has 1 aromatic heterocycles. The second-order valence-electron chi connectivity index (χ2n) is 5.43. The van der Waals surface area contributed by atoms with E-state index >= 15 is 0 Å². The minimum atomic E-state index is -4.95. The Hall–Kier alpha value is -3.01. The Kier molecular flexibility index (Phi) is 4.83. The summed E-state index contributed by atoms with van der Waals surface area (Å²) in [7, 11) is -4.13. The number of nitrogens with zero attached hydrogens (tertiary/aromatic N) is 1. The second kappa shape index (κ2) is 6.95. The molecule has 1 N–H and O–H groups in total. The predicted molar refractivity (Wildman–Crippen MR) is 90.6 cm³/mol. The zero-order valence-electron chi connectivity index (χ0n) is 13.8. The minimum absolute atomic E-state index is 0.131. The lowest BCUT2D eigenvalue weighted by Crippen LogP contribution is -2.19. The third-order valence-electron chi connectivity index (χ3n) is 3.44. The number of rotatable bonds is 5. The molecule has 1 heterocycles. The SMILES string of the molecule is Cc1nc(-c2ccc(S(=O)(=O)Nc3ccccc3OC(F)(F)F)cc2)co1. The van der Waals surface area contributed by atoms with Crippen LogP contribution in [-0.4, -0.2) is 19.8 Å². The van der Waals surface area contributed by atoms with E-state index < -0.39 is 22.1 Å². The standard InChI is InChI=1S/C17H13F3N2O4S/c1-11-21-15(10-25-11)12-6-8-13(9-7-12)27(23,24)22-14-4-2-3-5-16(14)26-17(18,19)20/h2-10,22H,1H3. The average Bonchev–Trinajstić information content (AvgIpc) is 3.02. The van der Waals surface area contributed by atoms with Crippen molar-refractivity contribution in [1.29, 1.82) is 0 Å². The van der Waals surface area contributed by atoms with Crippen molar-refractivity contribution < 1.29 is 30.7 Å². The highest BCUT2D eigenvalue weighted by molar-refractivity contribution is 7.92. The Balaban J connectivity index is 1.85. The summed E-state index contributed by atoms with van der Waals surface area (Å²) < 4.78 is 73.4. The molecule has 10 heteroatoms. The first kappa shape index (κ1) is 18.8. The zero-order valence-corrected chi connectivity index (χ0v) is 14.6. The maximum absolute atomic E-state index is 12.5. The molecule has 0 amide bonds. The van der Waals surface area contributed by atoms with E-state index in [-0.39, 0.29) is 10.6 Å². The van der Waals surface area contributed by atoms with Gasteiger partial charge in [-0.05, 0) is 24.3 Å². The number of hydrogen-bond donors (Lipinski definition) is 1. The quantitative estimate of drug-likeness (QED) is 0.691. The predicted octanol–water partition coefficient (Wildman–Crippen LogP) is 4.35. The van der Waals surface area contributed by atoms with Gasteiger partial charge in [-0.1, -0.05) is 24.3 Å². The number of alkyl halides is 3. The van der Waals surface area contributed by atoms with E-state index in [1.807, 2.05) is 0 Å². The highest BCUT2D eigenvalue weighted by atomic mass is 32.2. The molecule has 0 radical (unpaired) electrons. The molecule has 0 bridgehead atoms. The highest BCUT2D eigenvalue weighted by Crippen LogP contribution is 2.31. The summed E-state index contributed by atoms with van der Waals surface area (Å²) in [5.74, 6) is -0.187. The molecule has 0 aliphatic carbocycles. The number of para-hydroxylation sites is 2. The van der Waals surface area contributed by atoms with Crippen LogP contribution in [0.5, 0.6) is 5.75 Å². The van der Waals surface area contributed by atoms with Crippen LogP contribution in [0, 0.1) is 6.92 Å². The van der Waals surface area contributed by atoms with E-state index in [0.29, 0.717) is 17.1 Å². The van der Waals surface area contributed by atoms with Gasteiger partial charge in [0.15, 0.2) is 11.6 Å². The Morgan fingerprint density at radius 1 is 1.07 bits per heavy atom. The van der Waals surface area contributed by atoms with Gasteiger partial charge in [-0.2, -0.15) is 0 Å². The first-order chi connectivity index (χ1) is 12.6. The largest absolute Gasteiger partial charge is 0.573 e. The van der Waals surface area contributed by atoms with Crippen LogP contribution in [0.2, 0.25) is 0 Å². The summed E-state index contributed by atoms with van der Waals surface area (Å²) >= 11 is 0. The maximum atomic E-state index is 12.5. The maximum Gasteiger partial charge on any atom is 0.573 e. The molecule has 0 aliphatic heterocycles. The molecule has 0 spiro atoms. The molecular weight excluding hydrogens is 385 g/mol. The van der Waals surface area contributed by atoms with Crippen molar-refractivity contribution in [3.05, 3.63) is 60.7 Å². The fourth-order valence-electron chi connectivity index (χ4n) is 2.27. The number of aromatic nitrogens is 1. The fourth-order valence-corrected chi connectivity index (χ4v) is 3.34. The number of halogens is 3. The molecule has 0 fully saturated rings. The lowest BCUT2D eigenvalue weighted by molar-refractivity contribution is -0.274. The van der Waals surface area contributed by atoms with Crippen molar-refractivity contribution in [2.75, 3.05) is 4.72 Å². The molecule has 2 aromatic carbocycles. The van der Waals surface area contributed by atoms with E-state index in [9.17, 15) is 21.6 Å². The smallest absolute Gasteiger partial charge is 0.449 e. The number of benzene rings is 2. The third-order valence-corrected chi connectivity index (χ3v) is 4.82. The van der Waals surface area contributed by atoms with Crippen LogP contribution in [0.3, 0.4) is 0 Å². The second-order valence-corrected chi connectivity index (χ2v) is 7.11. The van der Waals surface area contributed by atoms with Gasteiger partial charge in [0.05, 0.1) is 10.6 Å². The molecule has 0 atom stereocenters. The van der Waals surface area contributed by atoms with Gasteiger partial charge in [-0.25, -0.2) is 13.4 Å². The van der Waals surface area contributed by atoms with Crippen LogP contribution < -0.4 is 9.46 Å². The lowest BCUT2D eigenvalue weighted by Gasteiger charge is -2.14. The van der Waals surface area contributed by atoms with Crippen molar-refractivity contribution in [2.45, 2.75) is 18.2 Å². The van der Waals surface area contributed by atoms with Gasteiger partial charge in [0.2, 0.25) is 0 Å². The van der Waals surface area contributed by atoms with Crippen molar-refractivity contribution in [1.82, 2.24) is 4.98 Å². The van der Waals surface area contributed by atoms with Gasteiger partial charge in [0.1, 0.15) is 12.0 Å². The van der Waals surface area contributed by atoms with Crippen LogP contribution >= 0.6 is 0 Å². The first-order valence-corrected chi connectivity index (χ1v) is 9.02. The Morgan fingerprint density at radius 2 is 1.74 bits per heavy atom. The first-order valence-electron chi connectivity index (χ1n) is 7.54. The Bertz CT molecular complexity index is 1040. The summed E-state index contributed by atoms with van der Waals surface area (Å²) in [6, 6.07) is 10.5. The number of oxazole rings is 1. The van der Waals surface area contributed by atoms with Crippen molar-refractivity contribution >= 4 is 15.7 Å². The van der Waals surface area contributed by atoms with Gasteiger partial charge in [0.25, 0.3) is 10.0 Å². The van der Waals surface area contributed by atoms with Gasteiger partial charge in [-0.15, -0.1) is 13.2 Å². The number of hydrogen-bond acceptors (Lipinski definition) is 5. The molecular formula is C17H13F3N2O4S. The molecule has 27 heavy (non-hydrogen) atoms. The molecule has 0 saturated heterocycles. The van der Waals surface area contributed by atoms with Crippen molar-refractivity contribution in [2.24, 2.45) is 0 Å². The molecule has 3 aromatic rings. The van der Waals surface area contributed by atoms with Crippen molar-refractivity contribution in [3.8, 4) is 17.0 Å². The van der Waals surface area contributed by atoms with Crippen LogP contribution in [0.4, 0.5) is 18.9 Å². The van der Waals surface area contributed by atoms with Crippen molar-refractivity contribution in [3.63, 3.8) is 0 Å². The van der Waals surface area contributed by atoms with Gasteiger partial charge >= 0.3 is 6.36 Å². The minimum Gasteiger partial charge on any atom is -0.449 e. The normalized spacial score (nSPS) is 12.0. The average molecular weight is 398 g/mol. The van der Waals surface area contributed by atoms with E-state index in [4.69, 9.17) is 4.42 Å². The van der Waals surface area contributed by atoms with Crippen LogP contribution in [-0.2, 0) is 10.0 Å².